The third kappa shape index (κ3) is 6.12. The molecule has 4 aromatic rings. The first-order valence-corrected chi connectivity index (χ1v) is 15.6. The van der Waals surface area contributed by atoms with Gasteiger partial charge in [0.1, 0.15) is 11.6 Å². The fourth-order valence-corrected chi connectivity index (χ4v) is 6.82. The van der Waals surface area contributed by atoms with E-state index in [1.165, 1.54) is 18.3 Å². The van der Waals surface area contributed by atoms with E-state index in [0.717, 1.165) is 47.6 Å². The van der Waals surface area contributed by atoms with Crippen LogP contribution in [0.5, 0.6) is 0 Å². The van der Waals surface area contributed by atoms with Crippen molar-refractivity contribution in [2.75, 3.05) is 41.3 Å². The summed E-state index contributed by atoms with van der Waals surface area (Å²) in [5.41, 5.74) is 4.32. The number of pyridine rings is 1. The first kappa shape index (κ1) is 29.3. The molecule has 44 heavy (non-hydrogen) atoms. The maximum absolute atomic E-state index is 13.8. The molecule has 2 aromatic heterocycles. The predicted molar refractivity (Wildman–Crippen MR) is 173 cm³/mol. The number of anilines is 3. The average molecular weight is 608 g/mol. The fraction of sp³-hybridized carbons (Fsp3) is 0.265. The summed E-state index contributed by atoms with van der Waals surface area (Å²) >= 11 is 1.40. The van der Waals surface area contributed by atoms with Gasteiger partial charge >= 0.3 is 0 Å². The zero-order valence-corrected chi connectivity index (χ0v) is 25.3. The highest BCUT2D eigenvalue weighted by molar-refractivity contribution is 7.17. The Labute approximate surface area is 259 Å². The molecule has 2 N–H and O–H groups in total. The number of thiophene rings is 1. The predicted octanol–water partition coefficient (Wildman–Crippen LogP) is 5.57. The zero-order valence-electron chi connectivity index (χ0n) is 24.5. The van der Waals surface area contributed by atoms with Gasteiger partial charge in [0.05, 0.1) is 16.1 Å². The Morgan fingerprint density at radius 2 is 1.68 bits per heavy atom. The van der Waals surface area contributed by atoms with Crippen molar-refractivity contribution in [1.29, 1.82) is 0 Å². The SMILES string of the molecule is CC(=O)CCNC(=O)c1cc2c(s1)-c1ccccc1N(C(=O)c1ccc(NC(=O)c3cccnc3N3CCCC3)cc1)CC2. The molecule has 1 fully saturated rings. The molecule has 224 valence electrons. The molecule has 6 rings (SSSR count). The Morgan fingerprint density at radius 3 is 2.45 bits per heavy atom. The second kappa shape index (κ2) is 12.8. The van der Waals surface area contributed by atoms with Crippen LogP contribution in [0.3, 0.4) is 0 Å². The van der Waals surface area contributed by atoms with Crippen molar-refractivity contribution in [3.8, 4) is 10.4 Å². The molecule has 0 radical (unpaired) electrons. The number of benzene rings is 2. The number of aromatic nitrogens is 1. The van der Waals surface area contributed by atoms with Crippen molar-refractivity contribution < 1.29 is 19.2 Å². The van der Waals surface area contributed by atoms with E-state index in [9.17, 15) is 19.2 Å². The number of hydrogen-bond donors (Lipinski definition) is 2. The molecule has 0 saturated carbocycles. The molecule has 2 aromatic carbocycles. The van der Waals surface area contributed by atoms with Gasteiger partial charge in [-0.2, -0.15) is 0 Å². The number of ketones is 1. The molecule has 3 amide bonds. The molecule has 0 aliphatic carbocycles. The van der Waals surface area contributed by atoms with E-state index in [1.807, 2.05) is 30.3 Å². The lowest BCUT2D eigenvalue weighted by Crippen LogP contribution is -2.32. The van der Waals surface area contributed by atoms with E-state index in [4.69, 9.17) is 0 Å². The van der Waals surface area contributed by atoms with Gasteiger partial charge in [-0.3, -0.25) is 19.2 Å². The van der Waals surface area contributed by atoms with E-state index in [2.05, 4.69) is 20.5 Å². The Kier molecular flexibility index (Phi) is 8.51. The number of Topliss-reactive ketones (excluding diaryl/α,β-unsaturated/α-hetero) is 1. The Hall–Kier alpha value is -4.83. The standard InChI is InChI=1S/C34H33N5O4S/c1-22(40)14-17-36-33(42)29-21-24-15-20-39(28-9-3-2-7-26(28)30(24)44-29)34(43)23-10-12-25(13-11-23)37-32(41)27-8-6-16-35-31(27)38-18-4-5-19-38/h2-3,6-13,16,21H,4-5,14-15,17-20H2,1H3,(H,36,42)(H,37,41). The van der Waals surface area contributed by atoms with Crippen LogP contribution < -0.4 is 20.4 Å². The van der Waals surface area contributed by atoms with Crippen LogP contribution in [0.25, 0.3) is 10.4 Å². The minimum Gasteiger partial charge on any atom is -0.356 e. The summed E-state index contributed by atoms with van der Waals surface area (Å²) in [6, 6.07) is 20.1. The molecular formula is C34H33N5O4S. The highest BCUT2D eigenvalue weighted by Crippen LogP contribution is 2.41. The van der Waals surface area contributed by atoms with E-state index < -0.39 is 0 Å². The Balaban J connectivity index is 1.18. The van der Waals surface area contributed by atoms with Gasteiger partial charge < -0.3 is 20.4 Å². The van der Waals surface area contributed by atoms with Crippen molar-refractivity contribution in [1.82, 2.24) is 10.3 Å². The second-order valence-corrected chi connectivity index (χ2v) is 12.0. The first-order valence-electron chi connectivity index (χ1n) is 14.8. The summed E-state index contributed by atoms with van der Waals surface area (Å²) in [6.45, 7) is 4.04. The van der Waals surface area contributed by atoms with Crippen LogP contribution in [0, 0.1) is 0 Å². The average Bonchev–Trinajstić information content (AvgIpc) is 3.70. The minimum atomic E-state index is -0.237. The third-order valence-corrected chi connectivity index (χ3v) is 9.12. The van der Waals surface area contributed by atoms with Crippen molar-refractivity contribution in [3.05, 3.63) is 94.5 Å². The van der Waals surface area contributed by atoms with Crippen molar-refractivity contribution >= 4 is 52.0 Å². The van der Waals surface area contributed by atoms with E-state index in [-0.39, 0.29) is 23.5 Å². The van der Waals surface area contributed by atoms with E-state index in [1.54, 1.807) is 47.5 Å². The molecule has 2 aliphatic heterocycles. The van der Waals surface area contributed by atoms with Crippen LogP contribution in [0.2, 0.25) is 0 Å². The van der Waals surface area contributed by atoms with Gasteiger partial charge in [-0.15, -0.1) is 11.3 Å². The van der Waals surface area contributed by atoms with Crippen molar-refractivity contribution in [3.63, 3.8) is 0 Å². The van der Waals surface area contributed by atoms with Gasteiger partial charge in [0.15, 0.2) is 0 Å². The highest BCUT2D eigenvalue weighted by Gasteiger charge is 2.28. The number of para-hydroxylation sites is 1. The van der Waals surface area contributed by atoms with Crippen LogP contribution in [0.15, 0.2) is 72.9 Å². The summed E-state index contributed by atoms with van der Waals surface area (Å²) in [6.07, 6.45) is 4.77. The molecule has 0 atom stereocenters. The largest absolute Gasteiger partial charge is 0.356 e. The highest BCUT2D eigenvalue weighted by atomic mass is 32.1. The molecular weight excluding hydrogens is 574 g/mol. The molecule has 9 nitrogen and oxygen atoms in total. The third-order valence-electron chi connectivity index (χ3n) is 7.91. The van der Waals surface area contributed by atoms with Gasteiger partial charge in [-0.25, -0.2) is 4.98 Å². The molecule has 0 unspecified atom stereocenters. The van der Waals surface area contributed by atoms with Crippen molar-refractivity contribution in [2.45, 2.75) is 32.6 Å². The van der Waals surface area contributed by atoms with Crippen LogP contribution in [-0.2, 0) is 11.2 Å². The molecule has 4 heterocycles. The second-order valence-electron chi connectivity index (χ2n) is 11.0. The van der Waals surface area contributed by atoms with Crippen LogP contribution >= 0.6 is 11.3 Å². The normalized spacial score (nSPS) is 13.9. The number of nitrogens with zero attached hydrogens (tertiary/aromatic N) is 3. The number of carbonyl (C=O) groups excluding carboxylic acids is 4. The minimum absolute atomic E-state index is 0.0292. The van der Waals surface area contributed by atoms with E-state index in [0.29, 0.717) is 53.4 Å². The monoisotopic (exact) mass is 607 g/mol. The molecule has 2 aliphatic rings. The molecule has 10 heteroatoms. The summed E-state index contributed by atoms with van der Waals surface area (Å²) in [7, 11) is 0. The number of fused-ring (bicyclic) bond motifs is 3. The first-order chi connectivity index (χ1) is 21.4. The topological polar surface area (TPSA) is 112 Å². The van der Waals surface area contributed by atoms with Crippen LogP contribution in [0.4, 0.5) is 17.2 Å². The van der Waals surface area contributed by atoms with Gasteiger partial charge in [-0.1, -0.05) is 18.2 Å². The fourth-order valence-electron chi connectivity index (χ4n) is 5.66. The number of rotatable bonds is 8. The summed E-state index contributed by atoms with van der Waals surface area (Å²) in [5.74, 6) is 0.150. The Bertz CT molecular complexity index is 1730. The zero-order chi connectivity index (χ0) is 30.6. The molecule has 0 bridgehead atoms. The summed E-state index contributed by atoms with van der Waals surface area (Å²) < 4.78 is 0. The molecule has 0 spiro atoms. The van der Waals surface area contributed by atoms with Crippen molar-refractivity contribution in [2.24, 2.45) is 0 Å². The lowest BCUT2D eigenvalue weighted by molar-refractivity contribution is -0.116. The lowest BCUT2D eigenvalue weighted by Gasteiger charge is -2.23. The smallest absolute Gasteiger partial charge is 0.261 e. The lowest BCUT2D eigenvalue weighted by atomic mass is 10.1. The number of carbonyl (C=O) groups is 4. The summed E-state index contributed by atoms with van der Waals surface area (Å²) in [4.78, 5) is 60.9. The quantitative estimate of drug-likeness (QED) is 0.271. The van der Waals surface area contributed by atoms with Crippen LogP contribution in [0.1, 0.15) is 62.1 Å². The maximum atomic E-state index is 13.8. The molecule has 1 saturated heterocycles. The van der Waals surface area contributed by atoms with E-state index >= 15 is 0 Å². The number of amides is 3. The van der Waals surface area contributed by atoms with Gasteiger partial charge in [0.2, 0.25) is 0 Å². The van der Waals surface area contributed by atoms with Gasteiger partial charge in [-0.05, 0) is 80.3 Å². The Morgan fingerprint density at radius 1 is 0.909 bits per heavy atom. The van der Waals surface area contributed by atoms with Crippen LogP contribution in [-0.4, -0.2) is 54.7 Å². The number of nitrogens with one attached hydrogen (secondary N) is 2. The van der Waals surface area contributed by atoms with Gasteiger partial charge in [0.25, 0.3) is 17.7 Å². The number of hydrogen-bond acceptors (Lipinski definition) is 7. The summed E-state index contributed by atoms with van der Waals surface area (Å²) in [5, 5.41) is 5.78. The maximum Gasteiger partial charge on any atom is 0.261 e. The van der Waals surface area contributed by atoms with Gasteiger partial charge in [0, 0.05) is 60.5 Å².